The van der Waals surface area contributed by atoms with Crippen LogP contribution >= 0.6 is 0 Å². The zero-order valence-corrected chi connectivity index (χ0v) is 21.6. The Balaban J connectivity index is 1.67. The van der Waals surface area contributed by atoms with Gasteiger partial charge in [0.05, 0.1) is 35.9 Å². The minimum atomic E-state index is -2.99. The van der Waals surface area contributed by atoms with E-state index in [0.717, 1.165) is 24.5 Å². The van der Waals surface area contributed by atoms with Gasteiger partial charge in [0.2, 0.25) is 5.95 Å². The molecule has 12 heteroatoms. The fraction of sp³-hybridized carbons (Fsp3) is 0.440. The van der Waals surface area contributed by atoms with Crippen LogP contribution in [0, 0.1) is 0 Å². The standard InChI is InChI=1S/C25H33F2N9O/c1-6-9-28-18-13-19(21(37-5)14-20(18)35(4)12-11-34(2)3)32-24-30-16-29-23(33-24)17-15-31-36-10-7-8-25(26,27)22(17)36/h6,13-16,28H,1,7-12H2,2-5H3,(H,29,30,32,33). The molecule has 0 saturated carbocycles. The van der Waals surface area contributed by atoms with Crippen molar-refractivity contribution < 1.29 is 13.5 Å². The number of anilines is 4. The van der Waals surface area contributed by atoms with Crippen molar-refractivity contribution in [3.05, 3.63) is 43.0 Å². The number of aromatic nitrogens is 5. The molecule has 0 saturated heterocycles. The Morgan fingerprint density at radius 2 is 2.00 bits per heavy atom. The SMILES string of the molecule is C=CCNc1cc(Nc2ncnc(-c3cnn4c3C(F)(F)CCC4)n2)c(OC)cc1N(C)CCN(C)C. The zero-order chi connectivity index (χ0) is 26.6. The first-order valence-corrected chi connectivity index (χ1v) is 12.1. The van der Waals surface area contributed by atoms with Crippen molar-refractivity contribution in [1.29, 1.82) is 0 Å². The zero-order valence-electron chi connectivity index (χ0n) is 21.6. The van der Waals surface area contributed by atoms with Crippen molar-refractivity contribution in [2.75, 3.05) is 63.4 Å². The number of hydrogen-bond donors (Lipinski definition) is 2. The molecule has 0 fully saturated rings. The maximum atomic E-state index is 14.7. The highest BCUT2D eigenvalue weighted by molar-refractivity contribution is 5.81. The van der Waals surface area contributed by atoms with E-state index in [2.05, 4.69) is 47.1 Å². The second-order valence-corrected chi connectivity index (χ2v) is 9.16. The number of hydrogen-bond acceptors (Lipinski definition) is 9. The molecule has 0 amide bonds. The molecule has 0 bridgehead atoms. The van der Waals surface area contributed by atoms with Gasteiger partial charge < -0.3 is 25.2 Å². The molecule has 37 heavy (non-hydrogen) atoms. The molecule has 1 aromatic carbocycles. The van der Waals surface area contributed by atoms with Gasteiger partial charge in [-0.2, -0.15) is 18.9 Å². The molecule has 3 heterocycles. The summed E-state index contributed by atoms with van der Waals surface area (Å²) in [6.45, 7) is 6.49. The van der Waals surface area contributed by atoms with Crippen molar-refractivity contribution in [2.24, 2.45) is 0 Å². The first kappa shape index (κ1) is 26.3. The summed E-state index contributed by atoms with van der Waals surface area (Å²) in [5.74, 6) is -2.09. The van der Waals surface area contributed by atoms with E-state index in [1.165, 1.54) is 17.2 Å². The lowest BCUT2D eigenvalue weighted by molar-refractivity contribution is -0.0359. The van der Waals surface area contributed by atoms with Gasteiger partial charge in [-0.05, 0) is 26.6 Å². The van der Waals surface area contributed by atoms with E-state index in [0.29, 0.717) is 30.9 Å². The van der Waals surface area contributed by atoms with E-state index < -0.39 is 5.92 Å². The number of ether oxygens (including phenoxy) is 1. The summed E-state index contributed by atoms with van der Waals surface area (Å²) in [5.41, 5.74) is 2.47. The van der Waals surface area contributed by atoms with Gasteiger partial charge in [-0.1, -0.05) is 6.08 Å². The Bertz CT molecular complexity index is 1240. The molecule has 1 aliphatic rings. The number of aryl methyl sites for hydroxylation is 1. The van der Waals surface area contributed by atoms with E-state index in [4.69, 9.17) is 4.74 Å². The maximum absolute atomic E-state index is 14.7. The van der Waals surface area contributed by atoms with Crippen LogP contribution in [0.4, 0.5) is 31.8 Å². The fourth-order valence-corrected chi connectivity index (χ4v) is 4.23. The molecule has 198 valence electrons. The first-order valence-electron chi connectivity index (χ1n) is 12.1. The number of nitrogens with one attached hydrogen (secondary N) is 2. The van der Waals surface area contributed by atoms with Crippen molar-refractivity contribution in [2.45, 2.75) is 25.3 Å². The number of benzene rings is 1. The number of halogens is 2. The molecule has 4 rings (SSSR count). The van der Waals surface area contributed by atoms with Crippen LogP contribution in [-0.4, -0.2) is 77.5 Å². The second-order valence-electron chi connectivity index (χ2n) is 9.16. The highest BCUT2D eigenvalue weighted by atomic mass is 19.3. The molecule has 1 aliphatic heterocycles. The van der Waals surface area contributed by atoms with Crippen molar-refractivity contribution >= 4 is 23.0 Å². The Kier molecular flexibility index (Phi) is 7.86. The molecule has 0 atom stereocenters. The smallest absolute Gasteiger partial charge is 0.290 e. The largest absolute Gasteiger partial charge is 0.494 e. The Labute approximate surface area is 215 Å². The molecular formula is C25H33F2N9O. The molecule has 2 N–H and O–H groups in total. The lowest BCUT2D eigenvalue weighted by atomic mass is 10.0. The van der Waals surface area contributed by atoms with Crippen LogP contribution in [-0.2, 0) is 12.5 Å². The van der Waals surface area contributed by atoms with Gasteiger partial charge in [0, 0.05) is 45.7 Å². The third-order valence-corrected chi connectivity index (χ3v) is 6.15. The minimum Gasteiger partial charge on any atom is -0.494 e. The molecule has 3 aromatic rings. The molecular weight excluding hydrogens is 480 g/mol. The number of likely N-dealkylation sites (N-methyl/N-ethyl adjacent to an activating group) is 2. The Morgan fingerprint density at radius 3 is 2.73 bits per heavy atom. The summed E-state index contributed by atoms with van der Waals surface area (Å²) in [7, 11) is 7.66. The van der Waals surface area contributed by atoms with Crippen LogP contribution in [0.25, 0.3) is 11.4 Å². The van der Waals surface area contributed by atoms with Gasteiger partial charge in [-0.15, -0.1) is 6.58 Å². The average molecular weight is 514 g/mol. The van der Waals surface area contributed by atoms with Crippen molar-refractivity contribution in [3.8, 4) is 17.1 Å². The summed E-state index contributed by atoms with van der Waals surface area (Å²) >= 11 is 0. The molecule has 2 aromatic heterocycles. The van der Waals surface area contributed by atoms with E-state index in [-0.39, 0.29) is 29.5 Å². The molecule has 0 aliphatic carbocycles. The van der Waals surface area contributed by atoms with Crippen LogP contribution in [0.1, 0.15) is 18.5 Å². The number of methoxy groups -OCH3 is 1. The number of alkyl halides is 2. The third-order valence-electron chi connectivity index (χ3n) is 6.15. The monoisotopic (exact) mass is 513 g/mol. The summed E-state index contributed by atoms with van der Waals surface area (Å²) in [5, 5.41) is 10.7. The predicted molar refractivity (Wildman–Crippen MR) is 141 cm³/mol. The van der Waals surface area contributed by atoms with Gasteiger partial charge in [0.25, 0.3) is 5.92 Å². The van der Waals surface area contributed by atoms with E-state index in [1.807, 2.05) is 33.3 Å². The Morgan fingerprint density at radius 1 is 1.19 bits per heavy atom. The highest BCUT2D eigenvalue weighted by Crippen LogP contribution is 2.42. The topological polar surface area (TPSA) is 96.3 Å². The number of nitrogens with zero attached hydrogens (tertiary/aromatic N) is 7. The Hall–Kier alpha value is -3.80. The van der Waals surface area contributed by atoms with Crippen LogP contribution in [0.3, 0.4) is 0 Å². The number of rotatable bonds is 11. The number of fused-ring (bicyclic) bond motifs is 1. The summed E-state index contributed by atoms with van der Waals surface area (Å²) in [6, 6.07) is 3.84. The predicted octanol–water partition coefficient (Wildman–Crippen LogP) is 3.97. The third kappa shape index (κ3) is 5.79. The molecule has 0 unspecified atom stereocenters. The highest BCUT2D eigenvalue weighted by Gasteiger charge is 2.41. The van der Waals surface area contributed by atoms with E-state index in [9.17, 15) is 8.78 Å². The normalized spacial score (nSPS) is 14.2. The minimum absolute atomic E-state index is 0.129. The van der Waals surface area contributed by atoms with Crippen LogP contribution in [0.15, 0.2) is 37.3 Å². The van der Waals surface area contributed by atoms with Crippen molar-refractivity contribution in [3.63, 3.8) is 0 Å². The van der Waals surface area contributed by atoms with Crippen LogP contribution in [0.2, 0.25) is 0 Å². The molecule has 0 spiro atoms. The first-order chi connectivity index (χ1) is 17.7. The lowest BCUT2D eigenvalue weighted by Gasteiger charge is -2.26. The van der Waals surface area contributed by atoms with Gasteiger partial charge in [0.15, 0.2) is 5.82 Å². The van der Waals surface area contributed by atoms with Gasteiger partial charge in [0.1, 0.15) is 17.8 Å². The quantitative estimate of drug-likeness (QED) is 0.369. The van der Waals surface area contributed by atoms with E-state index >= 15 is 0 Å². The average Bonchev–Trinajstić information content (AvgIpc) is 3.32. The molecule has 10 nitrogen and oxygen atoms in total. The lowest BCUT2D eigenvalue weighted by Crippen LogP contribution is -2.29. The van der Waals surface area contributed by atoms with Gasteiger partial charge in [-0.3, -0.25) is 4.68 Å². The second kappa shape index (κ2) is 11.1. The molecule has 0 radical (unpaired) electrons. The summed E-state index contributed by atoms with van der Waals surface area (Å²) in [4.78, 5) is 17.1. The summed E-state index contributed by atoms with van der Waals surface area (Å²) < 4.78 is 36.4. The maximum Gasteiger partial charge on any atom is 0.290 e. The fourth-order valence-electron chi connectivity index (χ4n) is 4.23. The van der Waals surface area contributed by atoms with Crippen molar-refractivity contribution in [1.82, 2.24) is 29.6 Å². The van der Waals surface area contributed by atoms with Crippen LogP contribution in [0.5, 0.6) is 5.75 Å². The summed E-state index contributed by atoms with van der Waals surface area (Å²) in [6.07, 6.45) is 4.61. The van der Waals surface area contributed by atoms with Gasteiger partial charge in [-0.25, -0.2) is 9.97 Å². The van der Waals surface area contributed by atoms with Crippen LogP contribution < -0.4 is 20.3 Å². The van der Waals surface area contributed by atoms with E-state index in [1.54, 1.807) is 13.2 Å². The van der Waals surface area contributed by atoms with Gasteiger partial charge >= 0.3 is 0 Å².